The number of hydrogen-bond donors (Lipinski definition) is 12. The SMILES string of the molecule is OB(O)O.OB(O)O.OB(O)O.OB(O)O.c1ccncc1. The van der Waals surface area contributed by atoms with Crippen LogP contribution in [0.25, 0.3) is 0 Å². The number of pyridine rings is 1. The molecule has 0 spiro atoms. The first kappa shape index (κ1) is 29.0. The molecule has 0 aliphatic carbocycles. The molecule has 0 atom stereocenters. The zero-order valence-electron chi connectivity index (χ0n) is 11.0. The van der Waals surface area contributed by atoms with Gasteiger partial charge < -0.3 is 60.3 Å². The summed E-state index contributed by atoms with van der Waals surface area (Å²) in [5, 5.41) is 86.0. The maximum atomic E-state index is 7.17. The van der Waals surface area contributed by atoms with Crippen LogP contribution in [0.4, 0.5) is 0 Å². The van der Waals surface area contributed by atoms with E-state index in [4.69, 9.17) is 60.3 Å². The van der Waals surface area contributed by atoms with Crippen LogP contribution in [0, 0.1) is 0 Å². The highest BCUT2D eigenvalue weighted by molar-refractivity contribution is 6.31. The summed E-state index contributed by atoms with van der Waals surface area (Å²) in [6, 6.07) is 5.72. The maximum absolute atomic E-state index is 7.17. The Kier molecular flexibility index (Phi) is 32.8. The van der Waals surface area contributed by atoms with E-state index in [9.17, 15) is 0 Å². The molecule has 1 aromatic heterocycles. The number of rotatable bonds is 0. The fourth-order valence-electron chi connectivity index (χ4n) is 0.313. The second-order valence-electron chi connectivity index (χ2n) is 2.41. The number of nitrogens with zero attached hydrogens (tertiary/aromatic N) is 1. The van der Waals surface area contributed by atoms with Crippen LogP contribution in [0.1, 0.15) is 0 Å². The second-order valence-corrected chi connectivity index (χ2v) is 2.41. The van der Waals surface area contributed by atoms with Gasteiger partial charge in [0.05, 0.1) is 0 Å². The molecule has 13 nitrogen and oxygen atoms in total. The van der Waals surface area contributed by atoms with Gasteiger partial charge in [0.25, 0.3) is 0 Å². The minimum absolute atomic E-state index is 1.75. The average molecular weight is 326 g/mol. The molecule has 12 N–H and O–H groups in total. The summed E-state index contributed by atoms with van der Waals surface area (Å²) in [4.78, 5) is 3.78. The summed E-state index contributed by atoms with van der Waals surface area (Å²) in [5.41, 5.74) is 0. The van der Waals surface area contributed by atoms with Crippen molar-refractivity contribution in [3.05, 3.63) is 30.6 Å². The minimum Gasteiger partial charge on any atom is -0.402 e. The van der Waals surface area contributed by atoms with Crippen molar-refractivity contribution in [1.82, 2.24) is 4.98 Å². The lowest BCUT2D eigenvalue weighted by Crippen LogP contribution is -2.07. The van der Waals surface area contributed by atoms with E-state index in [1.165, 1.54) is 0 Å². The van der Waals surface area contributed by atoms with Crippen LogP contribution >= 0.6 is 0 Å². The molecule has 22 heavy (non-hydrogen) atoms. The first-order chi connectivity index (χ1) is 9.93. The zero-order valence-corrected chi connectivity index (χ0v) is 11.0. The van der Waals surface area contributed by atoms with Crippen LogP contribution in [0.3, 0.4) is 0 Å². The number of aromatic nitrogens is 1. The lowest BCUT2D eigenvalue weighted by molar-refractivity contribution is 0.276. The molecule has 126 valence electrons. The van der Waals surface area contributed by atoms with Crippen molar-refractivity contribution in [3.8, 4) is 0 Å². The van der Waals surface area contributed by atoms with Crippen molar-refractivity contribution in [2.45, 2.75) is 0 Å². The van der Waals surface area contributed by atoms with Crippen molar-refractivity contribution < 1.29 is 60.3 Å². The Bertz CT molecular complexity index is 205. The van der Waals surface area contributed by atoms with Gasteiger partial charge in [-0.25, -0.2) is 0 Å². The largest absolute Gasteiger partial charge is 0.631 e. The highest BCUT2D eigenvalue weighted by Crippen LogP contribution is 1.73. The van der Waals surface area contributed by atoms with Gasteiger partial charge in [0.15, 0.2) is 0 Å². The van der Waals surface area contributed by atoms with Gasteiger partial charge in [0.1, 0.15) is 0 Å². The molecule has 0 saturated carbocycles. The van der Waals surface area contributed by atoms with Gasteiger partial charge in [-0.05, 0) is 12.1 Å². The van der Waals surface area contributed by atoms with Crippen molar-refractivity contribution >= 4 is 29.3 Å². The first-order valence-corrected chi connectivity index (χ1v) is 4.95. The standard InChI is InChI=1S/C5H5N.4BH3O3/c1-2-4-6-5-3-1;4*2-1(3)4/h1-5H;4*2-4H. The Morgan fingerprint density at radius 1 is 0.409 bits per heavy atom. The molecule has 0 radical (unpaired) electrons. The Hall–Kier alpha value is -1.07. The van der Waals surface area contributed by atoms with Crippen molar-refractivity contribution in [3.63, 3.8) is 0 Å². The summed E-state index contributed by atoms with van der Waals surface area (Å²) < 4.78 is 0. The smallest absolute Gasteiger partial charge is 0.402 e. The molecule has 1 heterocycles. The van der Waals surface area contributed by atoms with Gasteiger partial charge in [-0.15, -0.1) is 0 Å². The van der Waals surface area contributed by atoms with E-state index >= 15 is 0 Å². The van der Waals surface area contributed by atoms with Crippen molar-refractivity contribution in [2.24, 2.45) is 0 Å². The van der Waals surface area contributed by atoms with Crippen LogP contribution in [0.15, 0.2) is 30.6 Å². The lowest BCUT2D eigenvalue weighted by Gasteiger charge is -1.70. The van der Waals surface area contributed by atoms with E-state index < -0.39 is 29.3 Å². The predicted octanol–water partition coefficient (Wildman–Crippen LogP) is -7.13. The lowest BCUT2D eigenvalue weighted by atomic mass is 10.3. The fraction of sp³-hybridized carbons (Fsp3) is 0. The number of hydrogen-bond acceptors (Lipinski definition) is 13. The van der Waals surface area contributed by atoms with Gasteiger partial charge in [0, 0.05) is 12.4 Å². The molecular formula is C5H17B4NO12. The maximum Gasteiger partial charge on any atom is 0.631 e. The zero-order chi connectivity index (χ0) is 18.6. The van der Waals surface area contributed by atoms with Gasteiger partial charge in [-0.1, -0.05) is 6.07 Å². The molecule has 17 heteroatoms. The average Bonchev–Trinajstić information content (AvgIpc) is 2.28. The van der Waals surface area contributed by atoms with E-state index in [0.717, 1.165) is 0 Å². The van der Waals surface area contributed by atoms with E-state index in [0.29, 0.717) is 0 Å². The van der Waals surface area contributed by atoms with Gasteiger partial charge in [0.2, 0.25) is 0 Å². The van der Waals surface area contributed by atoms with Gasteiger partial charge >= 0.3 is 29.3 Å². The normalized spacial score (nSPS) is 7.09. The molecule has 1 aromatic rings. The molecule has 0 fully saturated rings. The van der Waals surface area contributed by atoms with Crippen LogP contribution in [0.2, 0.25) is 0 Å². The van der Waals surface area contributed by atoms with Crippen molar-refractivity contribution in [2.75, 3.05) is 0 Å². The molecule has 1 rings (SSSR count). The first-order valence-electron chi connectivity index (χ1n) is 4.95. The van der Waals surface area contributed by atoms with E-state index in [-0.39, 0.29) is 0 Å². The van der Waals surface area contributed by atoms with Gasteiger partial charge in [-0.3, -0.25) is 4.98 Å². The van der Waals surface area contributed by atoms with Crippen LogP contribution in [-0.2, 0) is 0 Å². The second kappa shape index (κ2) is 24.9. The Morgan fingerprint density at radius 3 is 0.636 bits per heavy atom. The molecule has 0 aliphatic rings. The molecule has 0 unspecified atom stereocenters. The Balaban J connectivity index is -0.0000000937. The summed E-state index contributed by atoms with van der Waals surface area (Å²) >= 11 is 0. The summed E-state index contributed by atoms with van der Waals surface area (Å²) in [5.74, 6) is 0. The van der Waals surface area contributed by atoms with Crippen LogP contribution in [0.5, 0.6) is 0 Å². The molecule has 0 aliphatic heterocycles. The molecule has 0 bridgehead atoms. The summed E-state index contributed by atoms with van der Waals surface area (Å²) in [6.07, 6.45) is 3.50. The Labute approximate surface area is 126 Å². The van der Waals surface area contributed by atoms with E-state index in [1.807, 2.05) is 18.2 Å². The van der Waals surface area contributed by atoms with Gasteiger partial charge in [-0.2, -0.15) is 0 Å². The van der Waals surface area contributed by atoms with Crippen molar-refractivity contribution in [1.29, 1.82) is 0 Å². The fourth-order valence-corrected chi connectivity index (χ4v) is 0.313. The highest BCUT2D eigenvalue weighted by atomic mass is 16.5. The molecule has 0 aromatic carbocycles. The molecule has 0 amide bonds. The summed E-state index contributed by atoms with van der Waals surface area (Å²) in [7, 11) is -8.67. The van der Waals surface area contributed by atoms with Crippen LogP contribution in [-0.4, -0.2) is 94.6 Å². The third-order valence-electron chi connectivity index (χ3n) is 0.566. The summed E-state index contributed by atoms with van der Waals surface area (Å²) in [6.45, 7) is 0. The van der Waals surface area contributed by atoms with E-state index in [1.54, 1.807) is 12.4 Å². The van der Waals surface area contributed by atoms with E-state index in [2.05, 4.69) is 4.98 Å². The minimum atomic E-state index is -2.17. The van der Waals surface area contributed by atoms with Crippen LogP contribution < -0.4 is 0 Å². The quantitative estimate of drug-likeness (QED) is 0.198. The predicted molar refractivity (Wildman–Crippen MR) is 73.9 cm³/mol. The Morgan fingerprint density at radius 2 is 0.591 bits per heavy atom. The monoisotopic (exact) mass is 327 g/mol. The molecule has 0 saturated heterocycles. The third-order valence-corrected chi connectivity index (χ3v) is 0.566. The highest BCUT2D eigenvalue weighted by Gasteiger charge is 1.93. The third kappa shape index (κ3) is 250. The topological polar surface area (TPSA) is 256 Å². The molecular weight excluding hydrogens is 309 g/mol.